The predicted octanol–water partition coefficient (Wildman–Crippen LogP) is 2.56. The number of rotatable bonds is 9. The summed E-state index contributed by atoms with van der Waals surface area (Å²) in [6, 6.07) is 7.48. The number of amides is 3. The summed E-state index contributed by atoms with van der Waals surface area (Å²) in [6.07, 6.45) is 0.576. The highest BCUT2D eigenvalue weighted by molar-refractivity contribution is 6.14. The molecule has 1 fully saturated rings. The second-order valence-electron chi connectivity index (χ2n) is 7.77. The van der Waals surface area contributed by atoms with Gasteiger partial charge < -0.3 is 28.8 Å². The Hall–Kier alpha value is -4.28. The summed E-state index contributed by atoms with van der Waals surface area (Å²) >= 11 is 0. The Morgan fingerprint density at radius 3 is 2.60 bits per heavy atom. The van der Waals surface area contributed by atoms with Crippen molar-refractivity contribution in [2.75, 3.05) is 32.7 Å². The van der Waals surface area contributed by atoms with Crippen LogP contribution in [0, 0.1) is 0 Å². The molecule has 0 radical (unpaired) electrons. The molecule has 3 amide bonds. The molecule has 35 heavy (non-hydrogen) atoms. The number of furan rings is 1. The van der Waals surface area contributed by atoms with E-state index in [0.717, 1.165) is 10.6 Å². The lowest BCUT2D eigenvalue weighted by Gasteiger charge is -2.19. The highest BCUT2D eigenvalue weighted by Gasteiger charge is 2.34. The third-order valence-electron chi connectivity index (χ3n) is 5.06. The van der Waals surface area contributed by atoms with Gasteiger partial charge in [0.05, 0.1) is 20.3 Å². The standard InChI is InChI=1S/C24H27N3O8/c1-6-33-22(29)14(2)34-20-12-16(26(3)4)8-7-15(20)11-18-21(28)27(24(31)25-18)13-17-9-10-19(35-17)23(30)32-5/h7-12,14H,6,13H2,1-5H3,(H,25,31)/b18-11-/t14-/m0/s1. The molecule has 0 unspecified atom stereocenters. The van der Waals surface area contributed by atoms with E-state index < -0.39 is 30.0 Å². The summed E-state index contributed by atoms with van der Waals surface area (Å²) < 4.78 is 20.8. The Morgan fingerprint density at radius 1 is 1.20 bits per heavy atom. The largest absolute Gasteiger partial charge is 0.478 e. The molecule has 186 valence electrons. The zero-order valence-electron chi connectivity index (χ0n) is 20.1. The minimum absolute atomic E-state index is 0.0148. The SMILES string of the molecule is CCOC(=O)[C@H](C)Oc1cc(N(C)C)ccc1/C=C1\NC(=O)N(Cc2ccc(C(=O)OC)o2)C1=O. The van der Waals surface area contributed by atoms with Crippen molar-refractivity contribution >= 4 is 35.6 Å². The zero-order valence-corrected chi connectivity index (χ0v) is 20.1. The van der Waals surface area contributed by atoms with Gasteiger partial charge in [-0.05, 0) is 44.2 Å². The van der Waals surface area contributed by atoms with Crippen LogP contribution in [0.1, 0.15) is 35.7 Å². The second kappa shape index (κ2) is 10.8. The molecule has 2 aromatic rings. The molecular weight excluding hydrogens is 458 g/mol. The van der Waals surface area contributed by atoms with E-state index in [1.165, 1.54) is 25.3 Å². The summed E-state index contributed by atoms with van der Waals surface area (Å²) in [7, 11) is 4.92. The van der Waals surface area contributed by atoms with E-state index in [1.54, 1.807) is 26.0 Å². The van der Waals surface area contributed by atoms with E-state index in [4.69, 9.17) is 13.9 Å². The number of nitrogens with one attached hydrogen (secondary N) is 1. The molecule has 1 aliphatic heterocycles. The normalized spacial score (nSPS) is 15.1. The fourth-order valence-electron chi connectivity index (χ4n) is 3.22. The Morgan fingerprint density at radius 2 is 1.94 bits per heavy atom. The van der Waals surface area contributed by atoms with Gasteiger partial charge in [-0.1, -0.05) is 0 Å². The van der Waals surface area contributed by atoms with Gasteiger partial charge in [-0.15, -0.1) is 0 Å². The van der Waals surface area contributed by atoms with Crippen LogP contribution in [-0.2, 0) is 25.6 Å². The van der Waals surface area contributed by atoms with Crippen molar-refractivity contribution in [2.24, 2.45) is 0 Å². The van der Waals surface area contributed by atoms with Crippen molar-refractivity contribution < 1.29 is 37.8 Å². The average Bonchev–Trinajstić information content (AvgIpc) is 3.40. The molecular formula is C24H27N3O8. The molecule has 1 saturated heterocycles. The molecule has 3 rings (SSSR count). The monoisotopic (exact) mass is 485 g/mol. The number of benzene rings is 1. The lowest BCUT2D eigenvalue weighted by molar-refractivity contribution is -0.150. The summed E-state index contributed by atoms with van der Waals surface area (Å²) in [5, 5.41) is 2.53. The summed E-state index contributed by atoms with van der Waals surface area (Å²) in [5.74, 6) is -1.26. The van der Waals surface area contributed by atoms with Crippen molar-refractivity contribution in [3.8, 4) is 5.75 Å². The van der Waals surface area contributed by atoms with Crippen LogP contribution in [0.2, 0.25) is 0 Å². The number of imide groups is 1. The highest BCUT2D eigenvalue weighted by atomic mass is 16.6. The first-order chi connectivity index (χ1) is 16.6. The first-order valence-electron chi connectivity index (χ1n) is 10.8. The molecule has 1 N–H and O–H groups in total. The number of nitrogens with zero attached hydrogens (tertiary/aromatic N) is 2. The van der Waals surface area contributed by atoms with Crippen LogP contribution in [0.25, 0.3) is 6.08 Å². The molecule has 0 bridgehead atoms. The average molecular weight is 485 g/mol. The van der Waals surface area contributed by atoms with Crippen molar-refractivity contribution in [3.63, 3.8) is 0 Å². The van der Waals surface area contributed by atoms with Crippen LogP contribution in [0.3, 0.4) is 0 Å². The van der Waals surface area contributed by atoms with E-state index in [-0.39, 0.29) is 30.4 Å². The van der Waals surface area contributed by atoms with Crippen molar-refractivity contribution in [3.05, 3.63) is 53.1 Å². The van der Waals surface area contributed by atoms with Gasteiger partial charge >= 0.3 is 18.0 Å². The van der Waals surface area contributed by atoms with Gasteiger partial charge in [-0.2, -0.15) is 0 Å². The van der Waals surface area contributed by atoms with Crippen LogP contribution in [-0.4, -0.2) is 62.7 Å². The molecule has 11 heteroatoms. The fraction of sp³-hybridized carbons (Fsp3) is 0.333. The van der Waals surface area contributed by atoms with Crippen molar-refractivity contribution in [1.82, 2.24) is 10.2 Å². The minimum atomic E-state index is -0.891. The first-order valence-corrected chi connectivity index (χ1v) is 10.8. The molecule has 0 aliphatic carbocycles. The van der Waals surface area contributed by atoms with Crippen LogP contribution < -0.4 is 15.0 Å². The number of carbonyl (C=O) groups excluding carboxylic acids is 4. The number of esters is 2. The molecule has 0 spiro atoms. The summed E-state index contributed by atoms with van der Waals surface area (Å²) in [6.45, 7) is 3.30. The smallest absolute Gasteiger partial charge is 0.373 e. The van der Waals surface area contributed by atoms with E-state index in [1.807, 2.05) is 25.1 Å². The molecule has 0 saturated carbocycles. The van der Waals surface area contributed by atoms with Crippen LogP contribution >= 0.6 is 0 Å². The lowest BCUT2D eigenvalue weighted by atomic mass is 10.1. The number of carbonyl (C=O) groups is 4. The van der Waals surface area contributed by atoms with Crippen LogP contribution in [0.5, 0.6) is 5.75 Å². The van der Waals surface area contributed by atoms with E-state index in [0.29, 0.717) is 11.3 Å². The zero-order chi connectivity index (χ0) is 25.7. The number of anilines is 1. The van der Waals surface area contributed by atoms with E-state index >= 15 is 0 Å². The van der Waals surface area contributed by atoms with E-state index in [2.05, 4.69) is 10.1 Å². The Balaban J connectivity index is 1.85. The number of hydrogen-bond acceptors (Lipinski definition) is 9. The van der Waals surface area contributed by atoms with Crippen molar-refractivity contribution in [2.45, 2.75) is 26.5 Å². The second-order valence-corrected chi connectivity index (χ2v) is 7.77. The van der Waals surface area contributed by atoms with Crippen molar-refractivity contribution in [1.29, 1.82) is 0 Å². The van der Waals surface area contributed by atoms with Crippen LogP contribution in [0.4, 0.5) is 10.5 Å². The number of hydrogen-bond donors (Lipinski definition) is 1. The Kier molecular flexibility index (Phi) is 7.80. The van der Waals surface area contributed by atoms with Gasteiger partial charge in [-0.3, -0.25) is 9.69 Å². The predicted molar refractivity (Wildman–Crippen MR) is 125 cm³/mol. The number of ether oxygens (including phenoxy) is 3. The topological polar surface area (TPSA) is 128 Å². The van der Waals surface area contributed by atoms with Gasteiger partial charge in [0.2, 0.25) is 5.76 Å². The molecule has 11 nitrogen and oxygen atoms in total. The molecule has 1 atom stereocenters. The maximum absolute atomic E-state index is 12.9. The highest BCUT2D eigenvalue weighted by Crippen LogP contribution is 2.29. The molecule has 1 aromatic carbocycles. The number of methoxy groups -OCH3 is 1. The maximum atomic E-state index is 12.9. The third-order valence-corrected chi connectivity index (χ3v) is 5.06. The Bertz CT molecular complexity index is 1170. The Labute approximate surface area is 202 Å². The molecule has 1 aliphatic rings. The quantitative estimate of drug-likeness (QED) is 0.324. The van der Waals surface area contributed by atoms with Crippen LogP contribution in [0.15, 0.2) is 40.4 Å². The van der Waals surface area contributed by atoms with E-state index in [9.17, 15) is 19.2 Å². The third kappa shape index (κ3) is 5.81. The lowest BCUT2D eigenvalue weighted by Crippen LogP contribution is -2.30. The minimum Gasteiger partial charge on any atom is -0.478 e. The van der Waals surface area contributed by atoms with Gasteiger partial charge in [-0.25, -0.2) is 14.4 Å². The summed E-state index contributed by atoms with van der Waals surface area (Å²) in [5.41, 5.74) is 1.30. The maximum Gasteiger partial charge on any atom is 0.373 e. The van der Waals surface area contributed by atoms with Gasteiger partial charge in [0, 0.05) is 31.4 Å². The first kappa shape index (κ1) is 25.3. The molecule has 2 heterocycles. The number of urea groups is 1. The summed E-state index contributed by atoms with van der Waals surface area (Å²) in [4.78, 5) is 51.9. The van der Waals surface area contributed by atoms with Gasteiger partial charge in [0.25, 0.3) is 5.91 Å². The molecule has 1 aromatic heterocycles. The fourth-order valence-corrected chi connectivity index (χ4v) is 3.22. The van der Waals surface area contributed by atoms with Gasteiger partial charge in [0.1, 0.15) is 17.2 Å². The van der Waals surface area contributed by atoms with Gasteiger partial charge in [0.15, 0.2) is 6.10 Å².